The number of esters is 2. The summed E-state index contributed by atoms with van der Waals surface area (Å²) in [6.45, 7) is 5.70. The van der Waals surface area contributed by atoms with Crippen LogP contribution in [0.4, 0.5) is 0 Å². The van der Waals surface area contributed by atoms with Crippen LogP contribution in [-0.4, -0.2) is 92.4 Å². The van der Waals surface area contributed by atoms with Gasteiger partial charge in [0.15, 0.2) is 12.4 Å². The van der Waals surface area contributed by atoms with Crippen molar-refractivity contribution in [1.82, 2.24) is 5.32 Å². The van der Waals surface area contributed by atoms with Crippen molar-refractivity contribution >= 4 is 25.7 Å². The molecule has 0 aliphatic carbocycles. The van der Waals surface area contributed by atoms with Crippen molar-refractivity contribution in [2.45, 2.75) is 282 Å². The lowest BCUT2D eigenvalue weighted by Gasteiger charge is -2.43. The van der Waals surface area contributed by atoms with Crippen molar-refractivity contribution in [1.29, 1.82) is 0 Å². The molecule has 1 aliphatic rings. The lowest BCUT2D eigenvalue weighted by Crippen LogP contribution is -2.65. The molecular formula is C48H92NO13P. The minimum absolute atomic E-state index is 0.210. The van der Waals surface area contributed by atoms with Gasteiger partial charge >= 0.3 is 19.8 Å². The fourth-order valence-electron chi connectivity index (χ4n) is 8.35. The zero-order valence-corrected chi connectivity index (χ0v) is 40.6. The Kier molecular flexibility index (Phi) is 36.3. The van der Waals surface area contributed by atoms with Gasteiger partial charge in [-0.3, -0.25) is 18.9 Å². The first-order chi connectivity index (χ1) is 30.3. The summed E-state index contributed by atoms with van der Waals surface area (Å²) in [6, 6.07) is -1.58. The molecule has 1 aliphatic heterocycles. The molecule has 0 aromatic heterocycles. The molecule has 0 radical (unpaired) electrons. The predicted molar refractivity (Wildman–Crippen MR) is 247 cm³/mol. The van der Waals surface area contributed by atoms with Crippen molar-refractivity contribution in [2.75, 3.05) is 6.61 Å². The number of nitrogens with one attached hydrogen (secondary N) is 1. The zero-order chi connectivity index (χ0) is 46.6. The molecule has 6 N–H and O–H groups in total. The lowest BCUT2D eigenvalue weighted by molar-refractivity contribution is -0.256. The maximum Gasteiger partial charge on any atom is 0.470 e. The van der Waals surface area contributed by atoms with Gasteiger partial charge in [0.25, 0.3) is 0 Å². The highest BCUT2D eigenvalue weighted by atomic mass is 31.2. The van der Waals surface area contributed by atoms with Crippen LogP contribution in [-0.2, 0) is 37.7 Å². The molecule has 0 spiro atoms. The number of carbonyl (C=O) groups is 3. The monoisotopic (exact) mass is 922 g/mol. The molecule has 63 heavy (non-hydrogen) atoms. The average molecular weight is 922 g/mol. The number of aliphatic hydroxyl groups excluding tert-OH is 3. The van der Waals surface area contributed by atoms with E-state index in [9.17, 15) is 44.1 Å². The van der Waals surface area contributed by atoms with Crippen molar-refractivity contribution in [3.63, 3.8) is 0 Å². The molecule has 1 amide bonds. The van der Waals surface area contributed by atoms with Crippen LogP contribution in [0.25, 0.3) is 0 Å². The standard InChI is InChI=1S/C48H92NO13P/c1-4-7-10-13-16-18-19-20-21-23-26-29-32-35-43(53)59-40(34-31-28-24-15-12-9-6-3)37-44(54)61-47-45(48(55)60-41(38-50)46(47)62-63(56,57)58)49-42(52)36-39(51)33-30-27-25-22-17-14-11-8-5-2/h39-41,45-48,50-51,55H,4-38H2,1-3H3,(H,49,52)(H2,56,57,58)/t39?,40?,41-,45-,46-,47-,48?/m1/s1. The van der Waals surface area contributed by atoms with E-state index in [-0.39, 0.29) is 12.8 Å². The minimum atomic E-state index is -5.29. The Bertz CT molecular complexity index is 1190. The summed E-state index contributed by atoms with van der Waals surface area (Å²) >= 11 is 0. The normalized spacial score (nSPS) is 20.0. The van der Waals surface area contributed by atoms with Crippen LogP contribution in [0.2, 0.25) is 0 Å². The van der Waals surface area contributed by atoms with Gasteiger partial charge in [-0.05, 0) is 25.7 Å². The van der Waals surface area contributed by atoms with Crippen LogP contribution in [0.5, 0.6) is 0 Å². The van der Waals surface area contributed by atoms with Gasteiger partial charge in [0.1, 0.15) is 24.4 Å². The average Bonchev–Trinajstić information content (AvgIpc) is 3.23. The van der Waals surface area contributed by atoms with Crippen molar-refractivity contribution < 1.29 is 62.8 Å². The van der Waals surface area contributed by atoms with Crippen LogP contribution in [0, 0.1) is 0 Å². The summed E-state index contributed by atoms with van der Waals surface area (Å²) in [4.78, 5) is 59.5. The predicted octanol–water partition coefficient (Wildman–Crippen LogP) is 10.2. The minimum Gasteiger partial charge on any atom is -0.462 e. The molecule has 0 aromatic carbocycles. The second-order valence-electron chi connectivity index (χ2n) is 18.0. The number of carbonyl (C=O) groups excluding carboxylic acids is 3. The number of phosphoric acid groups is 1. The number of hydrogen-bond donors (Lipinski definition) is 6. The van der Waals surface area contributed by atoms with Crippen molar-refractivity contribution in [3.05, 3.63) is 0 Å². The van der Waals surface area contributed by atoms with Crippen LogP contribution >= 0.6 is 7.82 Å². The maximum absolute atomic E-state index is 13.7. The summed E-state index contributed by atoms with van der Waals surface area (Å²) in [5, 5.41) is 34.1. The lowest BCUT2D eigenvalue weighted by atomic mass is 9.96. The largest absolute Gasteiger partial charge is 0.470 e. The number of amides is 1. The molecular weight excluding hydrogens is 829 g/mol. The number of rotatable bonds is 42. The zero-order valence-electron chi connectivity index (χ0n) is 39.7. The molecule has 1 saturated heterocycles. The van der Waals surface area contributed by atoms with Gasteiger partial charge in [-0.1, -0.05) is 194 Å². The van der Waals surface area contributed by atoms with Gasteiger partial charge in [0.05, 0.1) is 25.6 Å². The Hall–Kier alpha value is -1.64. The van der Waals surface area contributed by atoms with E-state index in [4.69, 9.17) is 18.7 Å². The highest BCUT2D eigenvalue weighted by Crippen LogP contribution is 2.42. The van der Waals surface area contributed by atoms with Gasteiger partial charge in [0.2, 0.25) is 5.91 Å². The van der Waals surface area contributed by atoms with Crippen LogP contribution in [0.3, 0.4) is 0 Å². The fourth-order valence-corrected chi connectivity index (χ4v) is 8.92. The second-order valence-corrected chi connectivity index (χ2v) is 19.2. The van der Waals surface area contributed by atoms with E-state index in [1.165, 1.54) is 89.9 Å². The molecule has 0 bridgehead atoms. The molecule has 14 nitrogen and oxygen atoms in total. The third-order valence-electron chi connectivity index (χ3n) is 12.1. The Balaban J connectivity index is 2.89. The smallest absolute Gasteiger partial charge is 0.462 e. The van der Waals surface area contributed by atoms with Gasteiger partial charge in [-0.25, -0.2) is 4.57 Å². The van der Waals surface area contributed by atoms with Gasteiger partial charge in [-0.15, -0.1) is 0 Å². The van der Waals surface area contributed by atoms with E-state index in [1.54, 1.807) is 0 Å². The first-order valence-electron chi connectivity index (χ1n) is 25.4. The first kappa shape index (κ1) is 59.4. The summed E-state index contributed by atoms with van der Waals surface area (Å²) in [5.41, 5.74) is 0. The SMILES string of the molecule is CCCCCCCCCCCCCCCC(=O)OC(CCCCCCCCC)CC(=O)O[C@H]1[C@H](OP(=O)(O)O)[C@@H](CO)OC(O)[C@@H]1NC(=O)CC(O)CCCCCCCCCCC. The van der Waals surface area contributed by atoms with E-state index < -0.39 is 81.5 Å². The van der Waals surface area contributed by atoms with Crippen molar-refractivity contribution in [3.8, 4) is 0 Å². The highest BCUT2D eigenvalue weighted by molar-refractivity contribution is 7.46. The maximum atomic E-state index is 13.7. The molecule has 3 unspecified atom stereocenters. The Morgan fingerprint density at radius 2 is 1.03 bits per heavy atom. The molecule has 1 heterocycles. The molecule has 372 valence electrons. The third-order valence-corrected chi connectivity index (χ3v) is 12.6. The number of hydrogen-bond acceptors (Lipinski definition) is 11. The highest BCUT2D eigenvalue weighted by Gasteiger charge is 2.51. The quantitative estimate of drug-likeness (QED) is 0.0191. The van der Waals surface area contributed by atoms with Crippen LogP contribution in [0.1, 0.15) is 239 Å². The molecule has 0 aromatic rings. The van der Waals surface area contributed by atoms with E-state index in [1.807, 2.05) is 0 Å². The Labute approximate surface area is 381 Å². The number of ether oxygens (including phenoxy) is 3. The molecule has 0 saturated carbocycles. The number of phosphoric ester groups is 1. The number of aliphatic hydroxyl groups is 3. The van der Waals surface area contributed by atoms with Crippen molar-refractivity contribution in [2.24, 2.45) is 0 Å². The third kappa shape index (κ3) is 31.8. The Morgan fingerprint density at radius 3 is 1.48 bits per heavy atom. The van der Waals surface area contributed by atoms with E-state index in [0.29, 0.717) is 25.7 Å². The Morgan fingerprint density at radius 1 is 0.603 bits per heavy atom. The van der Waals surface area contributed by atoms with E-state index in [2.05, 4.69) is 26.1 Å². The van der Waals surface area contributed by atoms with E-state index in [0.717, 1.165) is 83.5 Å². The topological polar surface area (TPSA) is 218 Å². The van der Waals surface area contributed by atoms with Crippen LogP contribution in [0.15, 0.2) is 0 Å². The summed E-state index contributed by atoms with van der Waals surface area (Å²) < 4.78 is 34.0. The summed E-state index contributed by atoms with van der Waals surface area (Å²) in [7, 11) is -5.29. The molecule has 1 fully saturated rings. The molecule has 7 atom stereocenters. The summed E-state index contributed by atoms with van der Waals surface area (Å²) in [5.74, 6) is -2.06. The fraction of sp³-hybridized carbons (Fsp3) is 0.938. The molecule has 15 heteroatoms. The van der Waals surface area contributed by atoms with Crippen LogP contribution < -0.4 is 5.32 Å². The van der Waals surface area contributed by atoms with Gasteiger partial charge in [-0.2, -0.15) is 0 Å². The van der Waals surface area contributed by atoms with Gasteiger partial charge in [0, 0.05) is 6.42 Å². The van der Waals surface area contributed by atoms with E-state index >= 15 is 0 Å². The van der Waals surface area contributed by atoms with Gasteiger partial charge < -0.3 is 44.6 Å². The first-order valence-corrected chi connectivity index (χ1v) is 26.9. The summed E-state index contributed by atoms with van der Waals surface area (Å²) in [6.07, 6.45) is 23.7. The molecule has 1 rings (SSSR count). The second kappa shape index (κ2) is 38.5. The number of unbranched alkanes of at least 4 members (excludes halogenated alkanes) is 26.